The van der Waals surface area contributed by atoms with Crippen LogP contribution in [0.2, 0.25) is 0 Å². The van der Waals surface area contributed by atoms with Crippen molar-refractivity contribution in [2.75, 3.05) is 0 Å². The van der Waals surface area contributed by atoms with Crippen LogP contribution in [-0.4, -0.2) is 0 Å². The Hall–Kier alpha value is -0.530. The molecular formula is C10H16ClN. The summed E-state index contributed by atoms with van der Waals surface area (Å²) in [5, 5.41) is 0. The van der Waals surface area contributed by atoms with Crippen LogP contribution in [0.15, 0.2) is 24.3 Å². The molecule has 0 aliphatic carbocycles. The zero-order valence-electron chi connectivity index (χ0n) is 7.58. The highest BCUT2D eigenvalue weighted by molar-refractivity contribution is 5.85. The highest BCUT2D eigenvalue weighted by Crippen LogP contribution is 2.14. The van der Waals surface area contributed by atoms with Gasteiger partial charge in [0.05, 0.1) is 0 Å². The SMILES string of the molecule is CC(C)c1ccc(CN)cc1.Cl. The van der Waals surface area contributed by atoms with Gasteiger partial charge in [-0.2, -0.15) is 0 Å². The summed E-state index contributed by atoms with van der Waals surface area (Å²) in [5.41, 5.74) is 8.06. The van der Waals surface area contributed by atoms with Gasteiger partial charge >= 0.3 is 0 Å². The Morgan fingerprint density at radius 1 is 1.17 bits per heavy atom. The second-order valence-corrected chi connectivity index (χ2v) is 3.10. The molecule has 0 bridgehead atoms. The normalized spacial score (nSPS) is 9.67. The molecule has 0 aromatic heterocycles. The third kappa shape index (κ3) is 2.84. The van der Waals surface area contributed by atoms with Gasteiger partial charge in [-0.1, -0.05) is 38.1 Å². The molecule has 0 saturated heterocycles. The number of nitrogens with two attached hydrogens (primary N) is 1. The Bertz CT molecular complexity index is 216. The Balaban J connectivity index is 0.00000121. The minimum absolute atomic E-state index is 0. The summed E-state index contributed by atoms with van der Waals surface area (Å²) in [6.07, 6.45) is 0. The maximum atomic E-state index is 5.48. The highest BCUT2D eigenvalue weighted by atomic mass is 35.5. The third-order valence-electron chi connectivity index (χ3n) is 1.88. The first-order valence-electron chi connectivity index (χ1n) is 4.03. The van der Waals surface area contributed by atoms with Crippen LogP contribution in [0.3, 0.4) is 0 Å². The molecule has 0 saturated carbocycles. The van der Waals surface area contributed by atoms with Crippen LogP contribution in [0.5, 0.6) is 0 Å². The largest absolute Gasteiger partial charge is 0.326 e. The van der Waals surface area contributed by atoms with Crippen molar-refractivity contribution in [3.8, 4) is 0 Å². The van der Waals surface area contributed by atoms with Crippen LogP contribution >= 0.6 is 12.4 Å². The molecule has 0 atom stereocenters. The van der Waals surface area contributed by atoms with E-state index < -0.39 is 0 Å². The van der Waals surface area contributed by atoms with Gasteiger partial charge in [0.1, 0.15) is 0 Å². The highest BCUT2D eigenvalue weighted by Gasteiger charge is 1.96. The summed E-state index contributed by atoms with van der Waals surface area (Å²) in [6.45, 7) is 5.02. The first-order chi connectivity index (χ1) is 5.24. The molecule has 2 N–H and O–H groups in total. The van der Waals surface area contributed by atoms with E-state index in [9.17, 15) is 0 Å². The first kappa shape index (κ1) is 11.5. The van der Waals surface area contributed by atoms with Crippen molar-refractivity contribution in [3.63, 3.8) is 0 Å². The van der Waals surface area contributed by atoms with Crippen molar-refractivity contribution in [2.45, 2.75) is 26.3 Å². The summed E-state index contributed by atoms with van der Waals surface area (Å²) in [7, 11) is 0. The minimum Gasteiger partial charge on any atom is -0.326 e. The van der Waals surface area contributed by atoms with E-state index >= 15 is 0 Å². The van der Waals surface area contributed by atoms with Gasteiger partial charge in [-0.3, -0.25) is 0 Å². The smallest absolute Gasteiger partial charge is 0.0178 e. The average Bonchev–Trinajstić information content (AvgIpc) is 2.05. The van der Waals surface area contributed by atoms with Crippen molar-refractivity contribution in [1.29, 1.82) is 0 Å². The van der Waals surface area contributed by atoms with Crippen molar-refractivity contribution in [1.82, 2.24) is 0 Å². The monoisotopic (exact) mass is 185 g/mol. The molecular weight excluding hydrogens is 170 g/mol. The first-order valence-corrected chi connectivity index (χ1v) is 4.03. The zero-order chi connectivity index (χ0) is 8.27. The Kier molecular flexibility index (Phi) is 4.95. The lowest BCUT2D eigenvalue weighted by Gasteiger charge is -2.04. The van der Waals surface area contributed by atoms with Gasteiger partial charge in [0.2, 0.25) is 0 Å². The topological polar surface area (TPSA) is 26.0 Å². The summed E-state index contributed by atoms with van der Waals surface area (Å²) in [6, 6.07) is 8.48. The molecule has 0 aliphatic rings. The second kappa shape index (κ2) is 5.18. The summed E-state index contributed by atoms with van der Waals surface area (Å²) >= 11 is 0. The van der Waals surface area contributed by atoms with E-state index in [2.05, 4.69) is 38.1 Å². The molecule has 1 aromatic rings. The molecule has 0 aliphatic heterocycles. The van der Waals surface area contributed by atoms with E-state index in [4.69, 9.17) is 5.73 Å². The Morgan fingerprint density at radius 2 is 1.67 bits per heavy atom. The van der Waals surface area contributed by atoms with Gasteiger partial charge < -0.3 is 5.73 Å². The molecule has 68 valence electrons. The maximum Gasteiger partial charge on any atom is 0.0178 e. The second-order valence-electron chi connectivity index (χ2n) is 3.10. The van der Waals surface area contributed by atoms with Gasteiger partial charge in [-0.05, 0) is 17.0 Å². The third-order valence-corrected chi connectivity index (χ3v) is 1.88. The fourth-order valence-electron chi connectivity index (χ4n) is 1.04. The van der Waals surface area contributed by atoms with Crippen LogP contribution in [0.4, 0.5) is 0 Å². The predicted molar refractivity (Wildman–Crippen MR) is 55.7 cm³/mol. The molecule has 1 rings (SSSR count). The molecule has 0 unspecified atom stereocenters. The van der Waals surface area contributed by atoms with Gasteiger partial charge in [0, 0.05) is 6.54 Å². The zero-order valence-corrected chi connectivity index (χ0v) is 8.40. The standard InChI is InChI=1S/C10H15N.ClH/c1-8(2)10-5-3-9(7-11)4-6-10;/h3-6,8H,7,11H2,1-2H3;1H. The fraction of sp³-hybridized carbons (Fsp3) is 0.400. The lowest BCUT2D eigenvalue weighted by atomic mass is 10.0. The fourth-order valence-corrected chi connectivity index (χ4v) is 1.04. The number of rotatable bonds is 2. The molecule has 1 aromatic carbocycles. The summed E-state index contributed by atoms with van der Waals surface area (Å²) in [4.78, 5) is 0. The van der Waals surface area contributed by atoms with Gasteiger partial charge in [-0.25, -0.2) is 0 Å². The lowest BCUT2D eigenvalue weighted by Crippen LogP contribution is -1.96. The van der Waals surface area contributed by atoms with E-state index in [0.29, 0.717) is 12.5 Å². The number of benzene rings is 1. The van der Waals surface area contributed by atoms with E-state index in [1.165, 1.54) is 11.1 Å². The lowest BCUT2D eigenvalue weighted by molar-refractivity contribution is 0.864. The van der Waals surface area contributed by atoms with Crippen LogP contribution in [0, 0.1) is 0 Å². The van der Waals surface area contributed by atoms with Crippen LogP contribution in [0.1, 0.15) is 30.9 Å². The molecule has 0 spiro atoms. The molecule has 0 heterocycles. The van der Waals surface area contributed by atoms with Crippen molar-refractivity contribution in [3.05, 3.63) is 35.4 Å². The van der Waals surface area contributed by atoms with Gasteiger partial charge in [0.15, 0.2) is 0 Å². The minimum atomic E-state index is 0. The van der Waals surface area contributed by atoms with E-state index in [0.717, 1.165) is 0 Å². The quantitative estimate of drug-likeness (QED) is 0.754. The summed E-state index contributed by atoms with van der Waals surface area (Å²) < 4.78 is 0. The van der Waals surface area contributed by atoms with Crippen molar-refractivity contribution in [2.24, 2.45) is 5.73 Å². The maximum absolute atomic E-state index is 5.48. The van der Waals surface area contributed by atoms with Crippen molar-refractivity contribution >= 4 is 12.4 Å². The number of hydrogen-bond donors (Lipinski definition) is 1. The Labute approximate surface area is 80.4 Å². The van der Waals surface area contributed by atoms with E-state index in [1.807, 2.05) is 0 Å². The van der Waals surface area contributed by atoms with Gasteiger partial charge in [-0.15, -0.1) is 12.4 Å². The van der Waals surface area contributed by atoms with Crippen LogP contribution in [0.25, 0.3) is 0 Å². The van der Waals surface area contributed by atoms with E-state index in [1.54, 1.807) is 0 Å². The summed E-state index contributed by atoms with van der Waals surface area (Å²) in [5.74, 6) is 0.613. The molecule has 0 radical (unpaired) electrons. The van der Waals surface area contributed by atoms with E-state index in [-0.39, 0.29) is 12.4 Å². The van der Waals surface area contributed by atoms with Crippen molar-refractivity contribution < 1.29 is 0 Å². The number of hydrogen-bond acceptors (Lipinski definition) is 1. The molecule has 0 fully saturated rings. The molecule has 1 nitrogen and oxygen atoms in total. The molecule has 2 heteroatoms. The Morgan fingerprint density at radius 3 is 2.00 bits per heavy atom. The van der Waals surface area contributed by atoms with Crippen LogP contribution < -0.4 is 5.73 Å². The predicted octanol–water partition coefficient (Wildman–Crippen LogP) is 2.69. The average molecular weight is 186 g/mol. The van der Waals surface area contributed by atoms with Gasteiger partial charge in [0.25, 0.3) is 0 Å². The molecule has 0 amide bonds. The number of halogens is 1. The molecule has 12 heavy (non-hydrogen) atoms. The van der Waals surface area contributed by atoms with Crippen LogP contribution in [-0.2, 0) is 6.54 Å².